The van der Waals surface area contributed by atoms with Crippen molar-refractivity contribution < 1.29 is 19.0 Å². The largest absolute Gasteiger partial charge is 0.491 e. The standard InChI is InChI=1S/C31H24NO4/c1-20-7-5-9-22(13-20)17-32(23-10-6-8-21(2)14-23)26-12-4-3-11-24(26)31(30(32)33)18-34-27-16-29-28(15-25(27)31)35-19-36-29/h1,3-16H,17-19H2,2H3/q+1. The van der Waals surface area contributed by atoms with E-state index in [9.17, 15) is 0 Å². The Hall–Kier alpha value is -4.09. The van der Waals surface area contributed by atoms with Gasteiger partial charge in [-0.25, -0.2) is 4.79 Å². The van der Waals surface area contributed by atoms with Crippen LogP contribution in [0.25, 0.3) is 0 Å². The van der Waals surface area contributed by atoms with Gasteiger partial charge in [0.05, 0.1) is 0 Å². The van der Waals surface area contributed by atoms with Crippen LogP contribution in [-0.2, 0) is 16.8 Å². The molecule has 0 fully saturated rings. The van der Waals surface area contributed by atoms with Crippen LogP contribution in [0.1, 0.15) is 27.8 Å². The second-order valence-electron chi connectivity index (χ2n) is 9.77. The summed E-state index contributed by atoms with van der Waals surface area (Å²) in [7, 11) is 0. The smallest absolute Gasteiger partial charge is 0.343 e. The minimum absolute atomic E-state index is 0.0402. The Kier molecular flexibility index (Phi) is 4.39. The fourth-order valence-electron chi connectivity index (χ4n) is 6.09. The molecule has 0 bridgehead atoms. The third-order valence-electron chi connectivity index (χ3n) is 7.68. The Labute approximate surface area is 210 Å². The molecule has 5 heteroatoms. The van der Waals surface area contributed by atoms with E-state index in [0.29, 0.717) is 29.4 Å². The molecule has 7 rings (SSSR count). The first kappa shape index (κ1) is 21.2. The van der Waals surface area contributed by atoms with Gasteiger partial charge in [-0.1, -0.05) is 48.5 Å². The molecule has 0 saturated heterocycles. The predicted molar refractivity (Wildman–Crippen MR) is 136 cm³/mol. The highest BCUT2D eigenvalue weighted by molar-refractivity contribution is 6.11. The SMILES string of the molecule is [CH]c1cccc(C[N+]2(c3cccc(C)c3)C(=O)C3(COc4cc5c(cc43)OCO5)c3ccccc32)c1. The Bertz CT molecular complexity index is 1560. The zero-order valence-electron chi connectivity index (χ0n) is 19.9. The number of aryl methyl sites for hydroxylation is 1. The molecule has 0 N–H and O–H groups in total. The van der Waals surface area contributed by atoms with E-state index in [2.05, 4.69) is 31.2 Å². The number of benzene rings is 4. The Morgan fingerprint density at radius 1 is 0.833 bits per heavy atom. The van der Waals surface area contributed by atoms with E-state index >= 15 is 4.79 Å². The molecule has 3 aliphatic heterocycles. The monoisotopic (exact) mass is 474 g/mol. The summed E-state index contributed by atoms with van der Waals surface area (Å²) in [5.41, 5.74) is 5.42. The van der Waals surface area contributed by atoms with Gasteiger partial charge in [-0.3, -0.25) is 0 Å². The molecular weight excluding hydrogens is 450 g/mol. The molecule has 4 aromatic carbocycles. The van der Waals surface area contributed by atoms with Gasteiger partial charge >= 0.3 is 5.91 Å². The highest BCUT2D eigenvalue weighted by atomic mass is 16.7. The second-order valence-corrected chi connectivity index (χ2v) is 9.77. The lowest BCUT2D eigenvalue weighted by atomic mass is 9.77. The van der Waals surface area contributed by atoms with Gasteiger partial charge in [0.2, 0.25) is 6.79 Å². The number of rotatable bonds is 3. The van der Waals surface area contributed by atoms with E-state index in [1.165, 1.54) is 0 Å². The second kappa shape index (κ2) is 7.45. The fraction of sp³-hybridized carbons (Fsp3) is 0.161. The third-order valence-corrected chi connectivity index (χ3v) is 7.68. The van der Waals surface area contributed by atoms with Crippen LogP contribution in [0.2, 0.25) is 0 Å². The average Bonchev–Trinajstić information content (AvgIpc) is 3.55. The topological polar surface area (TPSA) is 44.8 Å². The maximum Gasteiger partial charge on any atom is 0.343 e. The number of carbonyl (C=O) groups excluding carboxylic acids is 1. The highest BCUT2D eigenvalue weighted by Gasteiger charge is 2.67. The maximum absolute atomic E-state index is 15.2. The summed E-state index contributed by atoms with van der Waals surface area (Å²) in [6.07, 6.45) is 0. The highest BCUT2D eigenvalue weighted by Crippen LogP contribution is 2.60. The number of fused-ring (bicyclic) bond motifs is 5. The molecule has 1 amide bonds. The number of nitrogens with zero attached hydrogens (tertiary/aromatic N) is 1. The third kappa shape index (κ3) is 2.72. The van der Waals surface area contributed by atoms with Crippen molar-refractivity contribution in [1.29, 1.82) is 0 Å². The van der Waals surface area contributed by atoms with Crippen LogP contribution < -0.4 is 18.7 Å². The fourth-order valence-corrected chi connectivity index (χ4v) is 6.09. The molecule has 0 saturated carbocycles. The van der Waals surface area contributed by atoms with Crippen molar-refractivity contribution in [1.82, 2.24) is 4.48 Å². The molecule has 2 unspecified atom stereocenters. The van der Waals surface area contributed by atoms with Crippen molar-refractivity contribution in [2.75, 3.05) is 13.4 Å². The van der Waals surface area contributed by atoms with Crippen molar-refractivity contribution in [3.8, 4) is 17.2 Å². The summed E-state index contributed by atoms with van der Waals surface area (Å²) in [5, 5.41) is 0. The lowest BCUT2D eigenvalue weighted by Crippen LogP contribution is -2.53. The first-order chi connectivity index (χ1) is 17.5. The van der Waals surface area contributed by atoms with Crippen molar-refractivity contribution in [3.63, 3.8) is 0 Å². The van der Waals surface area contributed by atoms with E-state index in [1.807, 2.05) is 60.7 Å². The lowest BCUT2D eigenvalue weighted by Gasteiger charge is -2.33. The molecule has 2 radical (unpaired) electrons. The maximum atomic E-state index is 15.2. The number of carbonyl (C=O) groups is 1. The predicted octanol–water partition coefficient (Wildman–Crippen LogP) is 5.84. The van der Waals surface area contributed by atoms with Crippen LogP contribution in [0.5, 0.6) is 17.2 Å². The van der Waals surface area contributed by atoms with Gasteiger partial charge in [0.25, 0.3) is 0 Å². The number of hydrogen-bond donors (Lipinski definition) is 0. The quantitative estimate of drug-likeness (QED) is 0.350. The van der Waals surface area contributed by atoms with Gasteiger partial charge < -0.3 is 14.2 Å². The molecule has 36 heavy (non-hydrogen) atoms. The van der Waals surface area contributed by atoms with Crippen molar-refractivity contribution in [3.05, 3.63) is 120 Å². The summed E-state index contributed by atoms with van der Waals surface area (Å²) < 4.78 is 17.5. The van der Waals surface area contributed by atoms with Crippen LogP contribution in [0.4, 0.5) is 11.4 Å². The van der Waals surface area contributed by atoms with Gasteiger partial charge in [-0.05, 0) is 37.1 Å². The minimum Gasteiger partial charge on any atom is -0.491 e. The summed E-state index contributed by atoms with van der Waals surface area (Å²) in [6, 6.07) is 27.9. The molecule has 3 aliphatic rings. The molecule has 2 atom stereocenters. The Morgan fingerprint density at radius 2 is 1.64 bits per heavy atom. The zero-order chi connectivity index (χ0) is 24.5. The van der Waals surface area contributed by atoms with Gasteiger partial charge in [-0.15, -0.1) is 0 Å². The first-order valence-corrected chi connectivity index (χ1v) is 12.0. The molecule has 4 aromatic rings. The molecular formula is C31H24NO4+. The van der Waals surface area contributed by atoms with Gasteiger partial charge in [0.15, 0.2) is 22.6 Å². The van der Waals surface area contributed by atoms with E-state index in [1.54, 1.807) is 0 Å². The van der Waals surface area contributed by atoms with Crippen LogP contribution in [-0.4, -0.2) is 19.3 Å². The van der Waals surface area contributed by atoms with Crippen molar-refractivity contribution >= 4 is 17.3 Å². The molecule has 1 spiro atoms. The number of quaternary nitrogens is 1. The summed E-state index contributed by atoms with van der Waals surface area (Å²) in [4.78, 5) is 15.2. The molecule has 176 valence electrons. The summed E-state index contributed by atoms with van der Waals surface area (Å²) in [6.45, 7) is 9.04. The van der Waals surface area contributed by atoms with Gasteiger partial charge in [0, 0.05) is 41.0 Å². The number of amides is 1. The van der Waals surface area contributed by atoms with Crippen molar-refractivity contribution in [2.45, 2.75) is 18.9 Å². The first-order valence-electron chi connectivity index (χ1n) is 12.0. The van der Waals surface area contributed by atoms with Crippen LogP contribution in [0.15, 0.2) is 84.9 Å². The summed E-state index contributed by atoms with van der Waals surface area (Å²) in [5.74, 6) is 1.99. The number of para-hydroxylation sites is 1. The van der Waals surface area contributed by atoms with Crippen molar-refractivity contribution in [2.24, 2.45) is 0 Å². The average molecular weight is 475 g/mol. The molecule has 0 aromatic heterocycles. The molecule has 0 aliphatic carbocycles. The van der Waals surface area contributed by atoms with Crippen LogP contribution >= 0.6 is 0 Å². The van der Waals surface area contributed by atoms with E-state index < -0.39 is 5.41 Å². The number of ether oxygens (including phenoxy) is 3. The van der Waals surface area contributed by atoms with E-state index in [4.69, 9.17) is 21.1 Å². The summed E-state index contributed by atoms with van der Waals surface area (Å²) >= 11 is 0. The zero-order valence-corrected chi connectivity index (χ0v) is 19.9. The Balaban J connectivity index is 1.52. The normalized spacial score (nSPS) is 23.0. The number of hydrogen-bond acceptors (Lipinski definition) is 4. The lowest BCUT2D eigenvalue weighted by molar-refractivity contribution is -0.131. The van der Waals surface area contributed by atoms with E-state index in [-0.39, 0.29) is 23.8 Å². The molecule has 5 nitrogen and oxygen atoms in total. The van der Waals surface area contributed by atoms with Crippen LogP contribution in [0.3, 0.4) is 0 Å². The van der Waals surface area contributed by atoms with Gasteiger partial charge in [0.1, 0.15) is 24.6 Å². The minimum atomic E-state index is -0.975. The van der Waals surface area contributed by atoms with E-state index in [0.717, 1.165) is 33.6 Å². The Morgan fingerprint density at radius 3 is 2.47 bits per heavy atom. The van der Waals surface area contributed by atoms with Crippen LogP contribution in [0, 0.1) is 13.8 Å². The molecule has 3 heterocycles. The van der Waals surface area contributed by atoms with Gasteiger partial charge in [-0.2, -0.15) is 4.48 Å².